The number of nitrogens with zero attached hydrogens (tertiary/aromatic N) is 3. The first-order chi connectivity index (χ1) is 17.4. The number of hydrogen-bond donors (Lipinski definition) is 0. The van der Waals surface area contributed by atoms with Gasteiger partial charge in [0.25, 0.3) is 5.56 Å². The number of fused-ring (bicyclic) bond motifs is 1. The summed E-state index contributed by atoms with van der Waals surface area (Å²) in [6.07, 6.45) is 1.54. The molecule has 0 radical (unpaired) electrons. The third-order valence-electron chi connectivity index (χ3n) is 5.30. The second-order valence-electron chi connectivity index (χ2n) is 7.74. The molecule has 5 aromatic rings. The van der Waals surface area contributed by atoms with Gasteiger partial charge in [0.15, 0.2) is 5.82 Å². The van der Waals surface area contributed by atoms with Gasteiger partial charge in [-0.15, -0.1) is 0 Å². The van der Waals surface area contributed by atoms with Crippen LogP contribution in [0.5, 0.6) is 5.75 Å². The summed E-state index contributed by atoms with van der Waals surface area (Å²) in [5, 5.41) is 5.41. The molecule has 0 bridgehead atoms. The molecule has 0 saturated heterocycles. The van der Waals surface area contributed by atoms with Crippen LogP contribution in [0.25, 0.3) is 22.3 Å². The van der Waals surface area contributed by atoms with Gasteiger partial charge in [0.05, 0.1) is 17.1 Å². The quantitative estimate of drug-likeness (QED) is 0.224. The van der Waals surface area contributed by atoms with E-state index in [1.54, 1.807) is 85.1 Å². The van der Waals surface area contributed by atoms with Gasteiger partial charge in [-0.2, -0.15) is 18.2 Å². The predicted molar refractivity (Wildman–Crippen MR) is 140 cm³/mol. The molecule has 1 aromatic heterocycles. The zero-order valence-corrected chi connectivity index (χ0v) is 20.2. The second-order valence-corrected chi connectivity index (χ2v) is 9.72. The van der Waals surface area contributed by atoms with Crippen LogP contribution in [0.3, 0.4) is 0 Å². The largest absolute Gasteiger partial charge is 0.379 e. The monoisotopic (exact) mass is 515 g/mol. The molecule has 0 saturated carbocycles. The van der Waals surface area contributed by atoms with E-state index in [1.165, 1.54) is 28.9 Å². The van der Waals surface area contributed by atoms with Gasteiger partial charge < -0.3 is 4.18 Å². The average Bonchev–Trinajstić information content (AvgIpc) is 2.90. The Morgan fingerprint density at radius 1 is 0.833 bits per heavy atom. The van der Waals surface area contributed by atoms with Crippen LogP contribution in [0, 0.1) is 0 Å². The van der Waals surface area contributed by atoms with E-state index in [0.717, 1.165) is 5.56 Å². The Morgan fingerprint density at radius 3 is 2.22 bits per heavy atom. The topological polar surface area (TPSA) is 90.6 Å². The summed E-state index contributed by atoms with van der Waals surface area (Å²) >= 11 is 5.95. The molecule has 4 aromatic carbocycles. The molecule has 0 amide bonds. The highest BCUT2D eigenvalue weighted by molar-refractivity contribution is 7.87. The highest BCUT2D eigenvalue weighted by atomic mass is 35.5. The van der Waals surface area contributed by atoms with Gasteiger partial charge in [-0.3, -0.25) is 4.79 Å². The molecule has 0 fully saturated rings. The molecular formula is C27H18ClN3O4S. The van der Waals surface area contributed by atoms with Crippen molar-refractivity contribution in [1.82, 2.24) is 9.66 Å². The lowest BCUT2D eigenvalue weighted by molar-refractivity contribution is 0.486. The number of halogens is 1. The van der Waals surface area contributed by atoms with Crippen LogP contribution in [0.4, 0.5) is 0 Å². The summed E-state index contributed by atoms with van der Waals surface area (Å²) in [4.78, 5) is 18.0. The van der Waals surface area contributed by atoms with E-state index in [9.17, 15) is 13.2 Å². The maximum absolute atomic E-state index is 13.3. The molecule has 178 valence electrons. The van der Waals surface area contributed by atoms with E-state index in [0.29, 0.717) is 27.3 Å². The summed E-state index contributed by atoms with van der Waals surface area (Å²) in [5.41, 5.74) is 1.48. The van der Waals surface area contributed by atoms with Crippen molar-refractivity contribution in [3.63, 3.8) is 0 Å². The lowest BCUT2D eigenvalue weighted by Crippen LogP contribution is -2.20. The standard InChI is InChI=1S/C27H18ClN3O4S/c28-21-14-10-19(11-15-21)18-29-31-26(30-25-9-5-4-8-24(25)27(31)32)20-12-16-22(17-13-20)35-36(33,34)23-6-2-1-3-7-23/h1-18H/b29-18+. The first-order valence-corrected chi connectivity index (χ1v) is 12.6. The Hall–Kier alpha value is -4.27. The van der Waals surface area contributed by atoms with Crippen LogP contribution in [0.2, 0.25) is 5.02 Å². The fraction of sp³-hybridized carbons (Fsp3) is 0. The van der Waals surface area contributed by atoms with Gasteiger partial charge in [-0.25, -0.2) is 4.98 Å². The lowest BCUT2D eigenvalue weighted by atomic mass is 10.2. The molecule has 0 unspecified atom stereocenters. The molecule has 36 heavy (non-hydrogen) atoms. The number of aromatic nitrogens is 2. The van der Waals surface area contributed by atoms with Crippen LogP contribution < -0.4 is 9.74 Å². The zero-order chi connectivity index (χ0) is 25.1. The molecule has 0 N–H and O–H groups in total. The SMILES string of the molecule is O=c1c2ccccc2nc(-c2ccc(OS(=O)(=O)c3ccccc3)cc2)n1/N=C/c1ccc(Cl)cc1. The first-order valence-electron chi connectivity index (χ1n) is 10.8. The van der Waals surface area contributed by atoms with E-state index < -0.39 is 10.1 Å². The molecule has 9 heteroatoms. The molecule has 5 rings (SSSR count). The summed E-state index contributed by atoms with van der Waals surface area (Å²) in [7, 11) is -3.98. The Morgan fingerprint density at radius 2 is 1.50 bits per heavy atom. The van der Waals surface area contributed by atoms with E-state index in [4.69, 9.17) is 15.8 Å². The smallest absolute Gasteiger partial charge is 0.339 e. The van der Waals surface area contributed by atoms with Gasteiger partial charge in [0.2, 0.25) is 0 Å². The maximum Gasteiger partial charge on any atom is 0.339 e. The van der Waals surface area contributed by atoms with E-state index in [2.05, 4.69) is 10.1 Å². The number of benzene rings is 4. The Bertz CT molecular complexity index is 1730. The lowest BCUT2D eigenvalue weighted by Gasteiger charge is -2.11. The minimum Gasteiger partial charge on any atom is -0.379 e. The number of para-hydroxylation sites is 1. The van der Waals surface area contributed by atoms with E-state index >= 15 is 0 Å². The molecule has 0 spiro atoms. The van der Waals surface area contributed by atoms with Crippen molar-refractivity contribution in [2.24, 2.45) is 5.10 Å². The minimum atomic E-state index is -3.98. The van der Waals surface area contributed by atoms with Crippen molar-refractivity contribution in [3.8, 4) is 17.1 Å². The van der Waals surface area contributed by atoms with Gasteiger partial charge in [-0.05, 0) is 66.2 Å². The summed E-state index contributed by atoms with van der Waals surface area (Å²) in [6, 6.07) is 28.2. The first kappa shape index (κ1) is 23.5. The van der Waals surface area contributed by atoms with Crippen molar-refractivity contribution in [2.75, 3.05) is 0 Å². The van der Waals surface area contributed by atoms with Crippen molar-refractivity contribution in [2.45, 2.75) is 4.90 Å². The molecule has 0 aliphatic rings. The van der Waals surface area contributed by atoms with Crippen molar-refractivity contribution >= 4 is 38.8 Å². The Kier molecular flexibility index (Phi) is 6.37. The molecular weight excluding hydrogens is 498 g/mol. The normalized spacial score (nSPS) is 11.7. The zero-order valence-electron chi connectivity index (χ0n) is 18.7. The van der Waals surface area contributed by atoms with Gasteiger partial charge in [-0.1, -0.05) is 54.1 Å². The Labute approximate surface area is 212 Å². The number of rotatable bonds is 6. The van der Waals surface area contributed by atoms with Crippen LogP contribution >= 0.6 is 11.6 Å². The average molecular weight is 516 g/mol. The van der Waals surface area contributed by atoms with Crippen LogP contribution in [0.1, 0.15) is 5.56 Å². The Balaban J connectivity index is 1.54. The molecule has 0 atom stereocenters. The van der Waals surface area contributed by atoms with Gasteiger partial charge >= 0.3 is 10.1 Å². The highest BCUT2D eigenvalue weighted by Crippen LogP contribution is 2.24. The highest BCUT2D eigenvalue weighted by Gasteiger charge is 2.17. The maximum atomic E-state index is 13.3. The summed E-state index contributed by atoms with van der Waals surface area (Å²) in [6.45, 7) is 0. The summed E-state index contributed by atoms with van der Waals surface area (Å²) < 4.78 is 31.5. The number of hydrogen-bond acceptors (Lipinski definition) is 6. The van der Waals surface area contributed by atoms with Crippen LogP contribution in [0.15, 0.2) is 118 Å². The van der Waals surface area contributed by atoms with Crippen molar-refractivity contribution in [1.29, 1.82) is 0 Å². The molecule has 0 aliphatic heterocycles. The van der Waals surface area contributed by atoms with Gasteiger partial charge in [0.1, 0.15) is 10.6 Å². The van der Waals surface area contributed by atoms with E-state index in [-0.39, 0.29) is 16.2 Å². The predicted octanol–water partition coefficient (Wildman–Crippen LogP) is 5.37. The molecule has 0 aliphatic carbocycles. The fourth-order valence-electron chi connectivity index (χ4n) is 3.51. The fourth-order valence-corrected chi connectivity index (χ4v) is 4.59. The van der Waals surface area contributed by atoms with Gasteiger partial charge in [0, 0.05) is 10.6 Å². The third-order valence-corrected chi connectivity index (χ3v) is 6.81. The van der Waals surface area contributed by atoms with Crippen molar-refractivity contribution in [3.05, 3.63) is 124 Å². The van der Waals surface area contributed by atoms with E-state index in [1.807, 2.05) is 0 Å². The van der Waals surface area contributed by atoms with Crippen molar-refractivity contribution < 1.29 is 12.6 Å². The third kappa shape index (κ3) is 4.91. The molecule has 1 heterocycles. The van der Waals surface area contributed by atoms with Crippen LogP contribution in [-0.4, -0.2) is 24.3 Å². The summed E-state index contributed by atoms with van der Waals surface area (Å²) in [5.74, 6) is 0.420. The molecule has 7 nitrogen and oxygen atoms in total. The minimum absolute atomic E-state index is 0.0515. The second kappa shape index (κ2) is 9.77. The van der Waals surface area contributed by atoms with Crippen LogP contribution in [-0.2, 0) is 10.1 Å².